The Kier molecular flexibility index (Phi) is 4.58. The Balaban J connectivity index is 0.000000360. The molecule has 0 saturated heterocycles. The molecule has 7 heavy (non-hydrogen) atoms. The molecule has 0 aromatic rings. The van der Waals surface area contributed by atoms with Crippen LogP contribution in [0.25, 0.3) is 0 Å². The van der Waals surface area contributed by atoms with Gasteiger partial charge < -0.3 is 0 Å². The van der Waals surface area contributed by atoms with Crippen LogP contribution in [0, 0.1) is 0 Å². The molecular formula is C4H7NNaS. The van der Waals surface area contributed by atoms with Gasteiger partial charge in [0.15, 0.2) is 0 Å². The van der Waals surface area contributed by atoms with E-state index >= 15 is 0 Å². The topological polar surface area (TPSA) is 3.24 Å². The Bertz CT molecular complexity index is 66.1. The molecule has 0 N–H and O–H groups in total. The zero-order valence-electron chi connectivity index (χ0n) is 4.72. The molecule has 3 heteroatoms. The van der Waals surface area contributed by atoms with E-state index in [1.54, 1.807) is 11.9 Å². The van der Waals surface area contributed by atoms with Crippen molar-refractivity contribution in [2.75, 3.05) is 13.6 Å². The largest absolute Gasteiger partial charge is 0.246 e. The number of nitrogens with zero attached hydrogens (tertiary/aromatic N) is 1. The van der Waals surface area contributed by atoms with Crippen molar-refractivity contribution in [2.45, 2.75) is 0 Å². The number of rotatable bonds is 0. The summed E-state index contributed by atoms with van der Waals surface area (Å²) in [5.74, 6) is 0. The molecule has 1 rings (SSSR count). The third-order valence-electron chi connectivity index (χ3n) is 0.700. The first kappa shape index (κ1) is 8.05. The summed E-state index contributed by atoms with van der Waals surface area (Å²) in [6.45, 7) is 1.10. The van der Waals surface area contributed by atoms with Crippen molar-refractivity contribution in [1.29, 1.82) is 0 Å². The summed E-state index contributed by atoms with van der Waals surface area (Å²) in [4.78, 5) is 0. The first-order valence-electron chi connectivity index (χ1n) is 1.92. The van der Waals surface area contributed by atoms with E-state index in [-0.39, 0.29) is 29.6 Å². The second kappa shape index (κ2) is 3.98. The Morgan fingerprint density at radius 2 is 2.43 bits per heavy atom. The molecule has 1 aliphatic rings. The minimum Gasteiger partial charge on any atom is -0.246 e. The molecule has 0 saturated carbocycles. The smallest absolute Gasteiger partial charge is 0.0278 e. The van der Waals surface area contributed by atoms with E-state index in [1.165, 1.54) is 0 Å². The van der Waals surface area contributed by atoms with Crippen LogP contribution in [0.15, 0.2) is 11.5 Å². The summed E-state index contributed by atoms with van der Waals surface area (Å²) >= 11 is 1.75. The van der Waals surface area contributed by atoms with E-state index in [9.17, 15) is 0 Å². The van der Waals surface area contributed by atoms with Gasteiger partial charge in [-0.2, -0.15) is 0 Å². The maximum Gasteiger partial charge on any atom is 0.0278 e. The van der Waals surface area contributed by atoms with E-state index in [1.807, 2.05) is 0 Å². The third-order valence-corrected chi connectivity index (χ3v) is 1.52. The van der Waals surface area contributed by atoms with Crippen LogP contribution >= 0.6 is 11.9 Å². The van der Waals surface area contributed by atoms with Crippen molar-refractivity contribution >= 4 is 41.5 Å². The molecule has 0 atom stereocenters. The quantitative estimate of drug-likeness (QED) is 0.345. The van der Waals surface area contributed by atoms with Crippen molar-refractivity contribution in [2.24, 2.45) is 0 Å². The fraction of sp³-hybridized carbons (Fsp3) is 0.500. The van der Waals surface area contributed by atoms with Gasteiger partial charge in [-0.3, -0.25) is 0 Å². The van der Waals surface area contributed by atoms with Crippen LogP contribution in [0.2, 0.25) is 0 Å². The maximum absolute atomic E-state index is 2.17. The summed E-state index contributed by atoms with van der Waals surface area (Å²) in [7, 11) is 2.07. The minimum absolute atomic E-state index is 0. The molecule has 1 radical (unpaired) electrons. The summed E-state index contributed by atoms with van der Waals surface area (Å²) in [5, 5.41) is 2.10. The van der Waals surface area contributed by atoms with Gasteiger partial charge in [0.25, 0.3) is 0 Å². The average Bonchev–Trinajstić information content (AvgIpc) is 1.86. The summed E-state index contributed by atoms with van der Waals surface area (Å²) in [6, 6.07) is 0. The first-order valence-corrected chi connectivity index (χ1v) is 2.76. The first-order chi connectivity index (χ1) is 2.89. The Morgan fingerprint density at radius 3 is 2.57 bits per heavy atom. The van der Waals surface area contributed by atoms with Crippen LogP contribution in [0.4, 0.5) is 0 Å². The SMILES string of the molecule is CN1CC=CS1.[Na]. The number of hydrogen-bond donors (Lipinski definition) is 0. The van der Waals surface area contributed by atoms with Crippen molar-refractivity contribution < 1.29 is 0 Å². The third kappa shape index (κ3) is 2.77. The molecule has 0 aliphatic carbocycles. The molecule has 0 unspecified atom stereocenters. The average molecular weight is 124 g/mol. The van der Waals surface area contributed by atoms with Crippen molar-refractivity contribution in [3.8, 4) is 0 Å². The van der Waals surface area contributed by atoms with Gasteiger partial charge in [-0.15, -0.1) is 0 Å². The molecule has 0 aromatic carbocycles. The second-order valence-electron chi connectivity index (χ2n) is 1.29. The normalized spacial score (nSPS) is 19.6. The van der Waals surface area contributed by atoms with Crippen LogP contribution in [-0.2, 0) is 0 Å². The Morgan fingerprint density at radius 1 is 1.71 bits per heavy atom. The molecule has 1 heterocycles. The van der Waals surface area contributed by atoms with Gasteiger partial charge in [0.1, 0.15) is 0 Å². The molecule has 35 valence electrons. The van der Waals surface area contributed by atoms with Gasteiger partial charge in [-0.05, 0) is 12.5 Å². The zero-order chi connectivity index (χ0) is 4.41. The van der Waals surface area contributed by atoms with Crippen LogP contribution in [-0.4, -0.2) is 47.5 Å². The monoisotopic (exact) mass is 124 g/mol. The van der Waals surface area contributed by atoms with E-state index in [4.69, 9.17) is 0 Å². The summed E-state index contributed by atoms with van der Waals surface area (Å²) in [6.07, 6.45) is 2.14. The summed E-state index contributed by atoms with van der Waals surface area (Å²) in [5.41, 5.74) is 0. The van der Waals surface area contributed by atoms with E-state index in [0.29, 0.717) is 0 Å². The number of likely N-dealkylation sites (N-methyl/N-ethyl adjacent to an activating group) is 1. The Hall–Kier alpha value is 1.05. The molecular weight excluding hydrogens is 117 g/mol. The van der Waals surface area contributed by atoms with Crippen LogP contribution < -0.4 is 0 Å². The Labute approximate surface area is 70.6 Å². The van der Waals surface area contributed by atoms with Crippen LogP contribution in [0.5, 0.6) is 0 Å². The van der Waals surface area contributed by atoms with Gasteiger partial charge in [0.05, 0.1) is 0 Å². The van der Waals surface area contributed by atoms with Crippen LogP contribution in [0.3, 0.4) is 0 Å². The van der Waals surface area contributed by atoms with Crippen LogP contribution in [0.1, 0.15) is 0 Å². The van der Waals surface area contributed by atoms with Gasteiger partial charge in [-0.1, -0.05) is 18.0 Å². The number of hydrogen-bond acceptors (Lipinski definition) is 2. The molecule has 0 aromatic heterocycles. The predicted molar refractivity (Wildman–Crippen MR) is 35.1 cm³/mol. The van der Waals surface area contributed by atoms with Gasteiger partial charge in [0, 0.05) is 36.1 Å². The predicted octanol–water partition coefficient (Wildman–Crippen LogP) is 0.713. The fourth-order valence-electron chi connectivity index (χ4n) is 0.381. The molecule has 0 bridgehead atoms. The van der Waals surface area contributed by atoms with E-state index in [0.717, 1.165) is 6.54 Å². The molecule has 1 aliphatic heterocycles. The minimum atomic E-state index is 0. The fourth-order valence-corrected chi connectivity index (χ4v) is 0.933. The van der Waals surface area contributed by atoms with E-state index in [2.05, 4.69) is 22.8 Å². The molecule has 0 amide bonds. The molecule has 1 nitrogen and oxygen atoms in total. The molecule has 0 spiro atoms. The second-order valence-corrected chi connectivity index (χ2v) is 2.39. The van der Waals surface area contributed by atoms with Gasteiger partial charge >= 0.3 is 0 Å². The van der Waals surface area contributed by atoms with Crippen molar-refractivity contribution in [3.05, 3.63) is 11.5 Å². The standard InChI is InChI=1S/C4H7NS.Na/c1-5-3-2-4-6-5;/h2,4H,3H2,1H3;. The van der Waals surface area contributed by atoms with Crippen molar-refractivity contribution in [1.82, 2.24) is 4.31 Å². The van der Waals surface area contributed by atoms with Crippen molar-refractivity contribution in [3.63, 3.8) is 0 Å². The van der Waals surface area contributed by atoms with Gasteiger partial charge in [-0.25, -0.2) is 4.31 Å². The van der Waals surface area contributed by atoms with Gasteiger partial charge in [0.2, 0.25) is 0 Å². The maximum atomic E-state index is 2.17. The molecule has 0 fully saturated rings. The summed E-state index contributed by atoms with van der Waals surface area (Å²) < 4.78 is 2.17. The van der Waals surface area contributed by atoms with E-state index < -0.39 is 0 Å². The zero-order valence-corrected chi connectivity index (χ0v) is 7.53.